The highest BCUT2D eigenvalue weighted by molar-refractivity contribution is 5.98. The van der Waals surface area contributed by atoms with E-state index in [1.165, 1.54) is 25.1 Å². The van der Waals surface area contributed by atoms with Crippen molar-refractivity contribution < 1.29 is 19.6 Å². The van der Waals surface area contributed by atoms with E-state index in [4.69, 9.17) is 5.11 Å². The first kappa shape index (κ1) is 16.6. The molecule has 1 amide bonds. The molecule has 21 heavy (non-hydrogen) atoms. The maximum absolute atomic E-state index is 12.1. The molecule has 0 radical (unpaired) electrons. The number of benzene rings is 1. The molecule has 7 heteroatoms. The quantitative estimate of drug-likeness (QED) is 0.617. The molecule has 0 unspecified atom stereocenters. The molecule has 1 atom stereocenters. The molecular formula is C14H18N2O5. The summed E-state index contributed by atoms with van der Waals surface area (Å²) in [5.41, 5.74) is 0.159. The zero-order valence-corrected chi connectivity index (χ0v) is 12.1. The Kier molecular flexibility index (Phi) is 5.40. The van der Waals surface area contributed by atoms with Crippen LogP contribution in [0.3, 0.4) is 0 Å². The van der Waals surface area contributed by atoms with Gasteiger partial charge in [0.15, 0.2) is 0 Å². The molecule has 1 aromatic rings. The molecule has 0 saturated heterocycles. The van der Waals surface area contributed by atoms with Crippen molar-refractivity contribution in [3.63, 3.8) is 0 Å². The number of nitro benzene ring substituents is 1. The second kappa shape index (κ2) is 6.83. The van der Waals surface area contributed by atoms with Crippen molar-refractivity contribution in [3.05, 3.63) is 39.4 Å². The largest absolute Gasteiger partial charge is 0.480 e. The van der Waals surface area contributed by atoms with E-state index in [2.05, 4.69) is 5.32 Å². The Morgan fingerprint density at radius 3 is 2.48 bits per heavy atom. The van der Waals surface area contributed by atoms with Crippen LogP contribution in [0.1, 0.15) is 36.2 Å². The Bertz CT molecular complexity index is 568. The number of amides is 1. The normalized spacial score (nSPS) is 12.0. The molecule has 0 aromatic heterocycles. The standard InChI is InChI=1S/C14H18N2O5/c1-8(2)7-11(14(18)19)15-13(17)10-5-4-6-12(9(10)3)16(20)21/h4-6,8,11H,7H2,1-3H3,(H,15,17)(H,18,19)/t11-/m0/s1. The van der Waals surface area contributed by atoms with Gasteiger partial charge in [-0.25, -0.2) is 4.79 Å². The third-order valence-corrected chi connectivity index (χ3v) is 3.06. The van der Waals surface area contributed by atoms with Gasteiger partial charge in [0.2, 0.25) is 0 Å². The molecule has 1 aromatic carbocycles. The number of aliphatic carboxylic acids is 1. The molecule has 0 bridgehead atoms. The van der Waals surface area contributed by atoms with Crippen LogP contribution < -0.4 is 5.32 Å². The molecule has 114 valence electrons. The number of nitrogens with zero attached hydrogens (tertiary/aromatic N) is 1. The fourth-order valence-corrected chi connectivity index (χ4v) is 2.00. The number of carbonyl (C=O) groups is 2. The van der Waals surface area contributed by atoms with Crippen LogP contribution in [0, 0.1) is 23.0 Å². The second-order valence-corrected chi connectivity index (χ2v) is 5.20. The minimum absolute atomic E-state index is 0.0950. The van der Waals surface area contributed by atoms with Crippen molar-refractivity contribution in [2.45, 2.75) is 33.2 Å². The van der Waals surface area contributed by atoms with E-state index >= 15 is 0 Å². The van der Waals surface area contributed by atoms with Gasteiger partial charge in [0.25, 0.3) is 11.6 Å². The summed E-state index contributed by atoms with van der Waals surface area (Å²) in [5, 5.41) is 22.4. The average Bonchev–Trinajstić information content (AvgIpc) is 2.36. The lowest BCUT2D eigenvalue weighted by Gasteiger charge is -2.17. The predicted octanol–water partition coefficient (Wildman–Crippen LogP) is 2.13. The van der Waals surface area contributed by atoms with Gasteiger partial charge in [0, 0.05) is 17.2 Å². The third kappa shape index (κ3) is 4.27. The van der Waals surface area contributed by atoms with Crippen LogP contribution in [0.15, 0.2) is 18.2 Å². The van der Waals surface area contributed by atoms with Crippen LogP contribution in [-0.2, 0) is 4.79 Å². The molecule has 2 N–H and O–H groups in total. The van der Waals surface area contributed by atoms with Crippen molar-refractivity contribution in [1.82, 2.24) is 5.32 Å². The fourth-order valence-electron chi connectivity index (χ4n) is 2.00. The lowest BCUT2D eigenvalue weighted by molar-refractivity contribution is -0.385. The van der Waals surface area contributed by atoms with E-state index in [0.29, 0.717) is 0 Å². The molecule has 0 aliphatic carbocycles. The van der Waals surface area contributed by atoms with Crippen molar-refractivity contribution in [2.75, 3.05) is 0 Å². The van der Waals surface area contributed by atoms with E-state index in [-0.39, 0.29) is 29.2 Å². The first-order valence-electron chi connectivity index (χ1n) is 6.51. The van der Waals surface area contributed by atoms with E-state index in [1.54, 1.807) is 0 Å². The first-order valence-corrected chi connectivity index (χ1v) is 6.51. The van der Waals surface area contributed by atoms with Gasteiger partial charge in [-0.3, -0.25) is 14.9 Å². The fraction of sp³-hybridized carbons (Fsp3) is 0.429. The Hall–Kier alpha value is -2.44. The number of carboxylic acids is 1. The zero-order chi connectivity index (χ0) is 16.2. The maximum Gasteiger partial charge on any atom is 0.326 e. The highest BCUT2D eigenvalue weighted by atomic mass is 16.6. The summed E-state index contributed by atoms with van der Waals surface area (Å²) in [6, 6.07) is 3.12. The monoisotopic (exact) mass is 294 g/mol. The minimum Gasteiger partial charge on any atom is -0.480 e. The van der Waals surface area contributed by atoms with E-state index in [0.717, 1.165) is 0 Å². The first-order chi connectivity index (χ1) is 9.73. The highest BCUT2D eigenvalue weighted by Crippen LogP contribution is 2.21. The SMILES string of the molecule is Cc1c(C(=O)N[C@@H](CC(C)C)C(=O)O)cccc1[N+](=O)[O-]. The summed E-state index contributed by atoms with van der Waals surface area (Å²) in [6.45, 7) is 5.16. The summed E-state index contributed by atoms with van der Waals surface area (Å²) in [4.78, 5) is 33.6. The van der Waals surface area contributed by atoms with Crippen molar-refractivity contribution in [2.24, 2.45) is 5.92 Å². The lowest BCUT2D eigenvalue weighted by Crippen LogP contribution is -2.41. The van der Waals surface area contributed by atoms with Crippen LogP contribution in [0.4, 0.5) is 5.69 Å². The Balaban J connectivity index is 3.01. The molecule has 0 saturated carbocycles. The number of hydrogen-bond donors (Lipinski definition) is 2. The van der Waals surface area contributed by atoms with Gasteiger partial charge in [-0.05, 0) is 25.3 Å². The van der Waals surface area contributed by atoms with Gasteiger partial charge >= 0.3 is 5.97 Å². The molecule has 0 fully saturated rings. The topological polar surface area (TPSA) is 110 Å². The van der Waals surface area contributed by atoms with Gasteiger partial charge in [-0.2, -0.15) is 0 Å². The van der Waals surface area contributed by atoms with Crippen LogP contribution >= 0.6 is 0 Å². The molecule has 1 rings (SSSR count). The van der Waals surface area contributed by atoms with E-state index < -0.39 is 22.8 Å². The van der Waals surface area contributed by atoms with Crippen molar-refractivity contribution in [1.29, 1.82) is 0 Å². The smallest absolute Gasteiger partial charge is 0.326 e. The van der Waals surface area contributed by atoms with Gasteiger partial charge in [0.1, 0.15) is 6.04 Å². The number of nitrogens with one attached hydrogen (secondary N) is 1. The van der Waals surface area contributed by atoms with Gasteiger partial charge in [0.05, 0.1) is 4.92 Å². The average molecular weight is 294 g/mol. The number of carboxylic acid groups (broad SMARTS) is 1. The molecule has 0 aliphatic rings. The Labute approximate surface area is 122 Å². The molecule has 0 heterocycles. The lowest BCUT2D eigenvalue weighted by atomic mass is 10.0. The van der Waals surface area contributed by atoms with Crippen molar-refractivity contribution >= 4 is 17.6 Å². The maximum atomic E-state index is 12.1. The van der Waals surface area contributed by atoms with Crippen LogP contribution in [0.5, 0.6) is 0 Å². The molecular weight excluding hydrogens is 276 g/mol. The Morgan fingerprint density at radius 1 is 1.38 bits per heavy atom. The van der Waals surface area contributed by atoms with Crippen LogP contribution in [0.2, 0.25) is 0 Å². The second-order valence-electron chi connectivity index (χ2n) is 5.20. The molecule has 0 aliphatic heterocycles. The van der Waals surface area contributed by atoms with Gasteiger partial charge in [-0.1, -0.05) is 19.9 Å². The van der Waals surface area contributed by atoms with Gasteiger partial charge < -0.3 is 10.4 Å². The number of carbonyl (C=O) groups excluding carboxylic acids is 1. The zero-order valence-electron chi connectivity index (χ0n) is 12.1. The molecule has 7 nitrogen and oxygen atoms in total. The van der Waals surface area contributed by atoms with Crippen LogP contribution in [-0.4, -0.2) is 27.9 Å². The summed E-state index contributed by atoms with van der Waals surface area (Å²) >= 11 is 0. The summed E-state index contributed by atoms with van der Waals surface area (Å²) in [6.07, 6.45) is 0.287. The Morgan fingerprint density at radius 2 is 2.00 bits per heavy atom. The summed E-state index contributed by atoms with van der Waals surface area (Å²) in [5.74, 6) is -1.65. The molecule has 0 spiro atoms. The number of rotatable bonds is 6. The van der Waals surface area contributed by atoms with E-state index in [1.807, 2.05) is 13.8 Å². The number of hydrogen-bond acceptors (Lipinski definition) is 4. The van der Waals surface area contributed by atoms with Crippen molar-refractivity contribution in [3.8, 4) is 0 Å². The van der Waals surface area contributed by atoms with Gasteiger partial charge in [-0.15, -0.1) is 0 Å². The summed E-state index contributed by atoms with van der Waals surface area (Å²) in [7, 11) is 0. The third-order valence-electron chi connectivity index (χ3n) is 3.06. The minimum atomic E-state index is -1.12. The highest BCUT2D eigenvalue weighted by Gasteiger charge is 2.24. The van der Waals surface area contributed by atoms with E-state index in [9.17, 15) is 19.7 Å². The van der Waals surface area contributed by atoms with Crippen LogP contribution in [0.25, 0.3) is 0 Å². The summed E-state index contributed by atoms with van der Waals surface area (Å²) < 4.78 is 0. The predicted molar refractivity (Wildman–Crippen MR) is 76.2 cm³/mol. The number of nitro groups is 1.